The van der Waals surface area contributed by atoms with Crippen LogP contribution in [0.2, 0.25) is 5.02 Å². The molecule has 3 N–H and O–H groups in total. The molecule has 1 unspecified atom stereocenters. The average molecular weight is 449 g/mol. The summed E-state index contributed by atoms with van der Waals surface area (Å²) in [7, 11) is 0. The number of benzene rings is 2. The van der Waals surface area contributed by atoms with Crippen molar-refractivity contribution in [3.05, 3.63) is 64.2 Å². The molecule has 0 spiro atoms. The molecule has 2 fully saturated rings. The molecule has 0 aromatic heterocycles. The van der Waals surface area contributed by atoms with Crippen LogP contribution < -0.4 is 4.74 Å². The van der Waals surface area contributed by atoms with E-state index in [1.54, 1.807) is 18.2 Å². The van der Waals surface area contributed by atoms with E-state index < -0.39 is 36.8 Å². The van der Waals surface area contributed by atoms with Gasteiger partial charge in [-0.25, -0.2) is 0 Å². The van der Waals surface area contributed by atoms with Gasteiger partial charge in [0, 0.05) is 11.4 Å². The highest BCUT2D eigenvalue weighted by atomic mass is 35.5. The summed E-state index contributed by atoms with van der Waals surface area (Å²) >= 11 is 6.39. The molecule has 2 aromatic carbocycles. The van der Waals surface area contributed by atoms with E-state index in [4.69, 9.17) is 25.8 Å². The van der Waals surface area contributed by atoms with Gasteiger partial charge in [-0.3, -0.25) is 4.79 Å². The van der Waals surface area contributed by atoms with Crippen molar-refractivity contribution in [2.24, 2.45) is 0 Å². The highest BCUT2D eigenvalue weighted by molar-refractivity contribution is 6.31. The van der Waals surface area contributed by atoms with Crippen LogP contribution in [0.3, 0.4) is 0 Å². The second-order valence-corrected chi connectivity index (χ2v) is 8.25. The zero-order valence-corrected chi connectivity index (χ0v) is 17.6. The van der Waals surface area contributed by atoms with Gasteiger partial charge in [-0.05, 0) is 41.3 Å². The molecular formula is C23H25ClO7. The highest BCUT2D eigenvalue weighted by Crippen LogP contribution is 2.33. The minimum Gasteiger partial charge on any atom is -0.488 e. The number of aliphatic hydroxyl groups is 3. The monoisotopic (exact) mass is 448 g/mol. The van der Waals surface area contributed by atoms with Crippen molar-refractivity contribution >= 4 is 17.4 Å². The van der Waals surface area contributed by atoms with E-state index in [2.05, 4.69) is 0 Å². The predicted octanol–water partition coefficient (Wildman–Crippen LogP) is 1.82. The van der Waals surface area contributed by atoms with Gasteiger partial charge in [-0.15, -0.1) is 0 Å². The smallest absolute Gasteiger partial charge is 0.195 e. The van der Waals surface area contributed by atoms with Crippen LogP contribution >= 0.6 is 11.6 Å². The van der Waals surface area contributed by atoms with Gasteiger partial charge >= 0.3 is 0 Å². The summed E-state index contributed by atoms with van der Waals surface area (Å²) in [4.78, 5) is 12.1. The zero-order chi connectivity index (χ0) is 22.0. The lowest BCUT2D eigenvalue weighted by Gasteiger charge is -2.35. The minimum atomic E-state index is -1.56. The number of ketones is 1. The SMILES string of the molecule is O=C1[C@@H](O)C(c2ccc(Cl)c(Cc3ccc(O[C@H]4CCOC4)cc3)c2)O[C@H](CO)[C@H]1O. The van der Waals surface area contributed by atoms with E-state index in [9.17, 15) is 20.1 Å². The maximum absolute atomic E-state index is 12.1. The summed E-state index contributed by atoms with van der Waals surface area (Å²) in [5, 5.41) is 30.1. The van der Waals surface area contributed by atoms with Crippen molar-refractivity contribution in [2.75, 3.05) is 19.8 Å². The van der Waals surface area contributed by atoms with Gasteiger partial charge < -0.3 is 29.5 Å². The van der Waals surface area contributed by atoms with Crippen molar-refractivity contribution in [2.45, 2.75) is 43.4 Å². The fourth-order valence-corrected chi connectivity index (χ4v) is 4.04. The Morgan fingerprint density at radius 2 is 1.87 bits per heavy atom. The van der Waals surface area contributed by atoms with Crippen LogP contribution in [0.4, 0.5) is 0 Å². The van der Waals surface area contributed by atoms with Crippen molar-refractivity contribution in [1.82, 2.24) is 0 Å². The number of rotatable bonds is 6. The Balaban J connectivity index is 1.49. The lowest BCUT2D eigenvalue weighted by molar-refractivity contribution is -0.189. The third kappa shape index (κ3) is 4.92. The molecule has 2 saturated heterocycles. The summed E-state index contributed by atoms with van der Waals surface area (Å²) < 4.78 is 16.8. The van der Waals surface area contributed by atoms with Gasteiger partial charge in [0.25, 0.3) is 0 Å². The Kier molecular flexibility index (Phi) is 6.91. The molecule has 2 aliphatic rings. The fourth-order valence-electron chi connectivity index (χ4n) is 3.86. The standard InChI is InChI=1S/C23H25ClO7/c24-18-6-3-14(23-22(28)21(27)20(26)19(11-25)31-23)10-15(18)9-13-1-4-16(5-2-13)30-17-7-8-29-12-17/h1-6,10,17,19-20,22-23,25-26,28H,7-9,11-12H2/t17-,19+,20+,22+,23?/m0/s1. The van der Waals surface area contributed by atoms with E-state index in [0.717, 1.165) is 29.9 Å². The summed E-state index contributed by atoms with van der Waals surface area (Å²) in [6.45, 7) is 0.800. The molecule has 31 heavy (non-hydrogen) atoms. The van der Waals surface area contributed by atoms with Crippen LogP contribution in [0.1, 0.15) is 29.2 Å². The first-order valence-electron chi connectivity index (χ1n) is 10.2. The molecule has 0 aliphatic carbocycles. The van der Waals surface area contributed by atoms with Gasteiger partial charge in [0.15, 0.2) is 5.78 Å². The van der Waals surface area contributed by atoms with E-state index in [-0.39, 0.29) is 6.10 Å². The number of carbonyl (C=O) groups is 1. The number of Topliss-reactive ketones (excluding diaryl/α,β-unsaturated/α-hetero) is 1. The third-order valence-electron chi connectivity index (χ3n) is 5.63. The molecule has 2 aliphatic heterocycles. The van der Waals surface area contributed by atoms with Gasteiger partial charge in [0.05, 0.1) is 19.8 Å². The first kappa shape index (κ1) is 22.2. The maximum atomic E-state index is 12.1. The molecule has 0 amide bonds. The second-order valence-electron chi connectivity index (χ2n) is 7.84. The minimum absolute atomic E-state index is 0.0860. The fraction of sp³-hybridized carbons (Fsp3) is 0.435. The van der Waals surface area contributed by atoms with Crippen molar-refractivity contribution < 1.29 is 34.3 Å². The molecule has 4 rings (SSSR count). The number of aliphatic hydroxyl groups excluding tert-OH is 3. The van der Waals surface area contributed by atoms with Crippen LogP contribution in [0.25, 0.3) is 0 Å². The highest BCUT2D eigenvalue weighted by Gasteiger charge is 2.43. The number of hydrogen-bond donors (Lipinski definition) is 3. The lowest BCUT2D eigenvalue weighted by atomic mass is 9.91. The lowest BCUT2D eigenvalue weighted by Crippen LogP contribution is -2.52. The predicted molar refractivity (Wildman–Crippen MR) is 112 cm³/mol. The molecule has 5 atom stereocenters. The molecular weight excluding hydrogens is 424 g/mol. The molecule has 166 valence electrons. The van der Waals surface area contributed by atoms with Crippen molar-refractivity contribution in [3.63, 3.8) is 0 Å². The van der Waals surface area contributed by atoms with E-state index in [1.165, 1.54) is 0 Å². The normalized spacial score (nSPS) is 28.6. The topological polar surface area (TPSA) is 105 Å². The largest absolute Gasteiger partial charge is 0.488 e. The molecule has 0 radical (unpaired) electrons. The summed E-state index contributed by atoms with van der Waals surface area (Å²) in [6, 6.07) is 12.9. The van der Waals surface area contributed by atoms with Crippen LogP contribution in [0.5, 0.6) is 5.75 Å². The number of hydrogen-bond acceptors (Lipinski definition) is 7. The van der Waals surface area contributed by atoms with Crippen molar-refractivity contribution in [3.8, 4) is 5.75 Å². The van der Waals surface area contributed by atoms with E-state index in [1.807, 2.05) is 24.3 Å². The van der Waals surface area contributed by atoms with Gasteiger partial charge in [-0.2, -0.15) is 0 Å². The second kappa shape index (κ2) is 9.65. The first-order chi connectivity index (χ1) is 15.0. The summed E-state index contributed by atoms with van der Waals surface area (Å²) in [6.07, 6.45) is -3.66. The average Bonchev–Trinajstić information content (AvgIpc) is 3.28. The van der Waals surface area contributed by atoms with E-state index >= 15 is 0 Å². The summed E-state index contributed by atoms with van der Waals surface area (Å²) in [5.74, 6) is 0.0139. The van der Waals surface area contributed by atoms with Crippen LogP contribution in [-0.4, -0.2) is 65.3 Å². The Bertz CT molecular complexity index is 911. The molecule has 7 nitrogen and oxygen atoms in total. The van der Waals surface area contributed by atoms with Gasteiger partial charge in [0.2, 0.25) is 0 Å². The van der Waals surface area contributed by atoms with Crippen LogP contribution in [0.15, 0.2) is 42.5 Å². The third-order valence-corrected chi connectivity index (χ3v) is 6.00. The number of halogens is 1. The maximum Gasteiger partial charge on any atom is 0.195 e. The Morgan fingerprint density at radius 3 is 2.55 bits per heavy atom. The molecule has 2 heterocycles. The van der Waals surface area contributed by atoms with Gasteiger partial charge in [0.1, 0.15) is 36.3 Å². The van der Waals surface area contributed by atoms with Crippen LogP contribution in [-0.2, 0) is 20.7 Å². The zero-order valence-electron chi connectivity index (χ0n) is 16.8. The molecule has 8 heteroatoms. The van der Waals surface area contributed by atoms with Crippen molar-refractivity contribution in [1.29, 1.82) is 0 Å². The van der Waals surface area contributed by atoms with Gasteiger partial charge in [-0.1, -0.05) is 35.9 Å². The quantitative estimate of drug-likeness (QED) is 0.619. The summed E-state index contributed by atoms with van der Waals surface area (Å²) in [5.41, 5.74) is 2.36. The number of ether oxygens (including phenoxy) is 3. The molecule has 0 bridgehead atoms. The Labute approximate surface area is 185 Å². The molecule has 0 saturated carbocycles. The molecule has 2 aromatic rings. The van der Waals surface area contributed by atoms with Crippen LogP contribution in [0, 0.1) is 0 Å². The number of carbonyl (C=O) groups excluding carboxylic acids is 1. The Morgan fingerprint density at radius 1 is 1.10 bits per heavy atom. The van der Waals surface area contributed by atoms with E-state index in [0.29, 0.717) is 23.6 Å². The first-order valence-corrected chi connectivity index (χ1v) is 10.6. The Hall–Kier alpha value is -2.00.